The number of rotatable bonds is 4. The zero-order valence-corrected chi connectivity index (χ0v) is 13.7. The Morgan fingerprint density at radius 3 is 2.87 bits per heavy atom. The average Bonchev–Trinajstić information content (AvgIpc) is 2.93. The molecule has 2 N–H and O–H groups in total. The number of anilines is 1. The largest absolute Gasteiger partial charge is 0.436 e. The van der Waals surface area contributed by atoms with E-state index >= 15 is 0 Å². The monoisotopic (exact) mass is 349 g/mol. The van der Waals surface area contributed by atoms with Crippen molar-refractivity contribution in [1.82, 2.24) is 10.3 Å². The molecule has 0 saturated carbocycles. The van der Waals surface area contributed by atoms with Crippen LogP contribution < -0.4 is 10.6 Å². The SMILES string of the molecule is CNCC(=O)Nc1ccc2oc(-c3cccc(Cl)c3Cl)nc2c1. The van der Waals surface area contributed by atoms with Crippen molar-refractivity contribution in [3.63, 3.8) is 0 Å². The third-order valence-electron chi connectivity index (χ3n) is 3.19. The predicted molar refractivity (Wildman–Crippen MR) is 92.0 cm³/mol. The molecule has 1 amide bonds. The van der Waals surface area contributed by atoms with Crippen LogP contribution in [-0.2, 0) is 4.79 Å². The molecule has 1 aromatic heterocycles. The standard InChI is InChI=1S/C16H13Cl2N3O2/c1-19-8-14(22)20-9-5-6-13-12(7-9)21-16(23-13)10-3-2-4-11(17)15(10)18/h2-7,19H,8H2,1H3,(H,20,22). The third kappa shape index (κ3) is 3.32. The number of halogens is 2. The molecule has 3 aromatic rings. The summed E-state index contributed by atoms with van der Waals surface area (Å²) in [5, 5.41) is 6.39. The van der Waals surface area contributed by atoms with Gasteiger partial charge >= 0.3 is 0 Å². The van der Waals surface area contributed by atoms with E-state index in [9.17, 15) is 4.79 Å². The Morgan fingerprint density at radius 1 is 1.26 bits per heavy atom. The highest BCUT2D eigenvalue weighted by Gasteiger charge is 2.14. The topological polar surface area (TPSA) is 67.2 Å². The van der Waals surface area contributed by atoms with Crippen molar-refractivity contribution in [2.45, 2.75) is 0 Å². The zero-order chi connectivity index (χ0) is 16.4. The Balaban J connectivity index is 1.96. The molecule has 0 unspecified atom stereocenters. The van der Waals surface area contributed by atoms with Crippen molar-refractivity contribution in [3.05, 3.63) is 46.4 Å². The van der Waals surface area contributed by atoms with E-state index in [1.54, 1.807) is 43.4 Å². The van der Waals surface area contributed by atoms with Crippen molar-refractivity contribution in [2.24, 2.45) is 0 Å². The van der Waals surface area contributed by atoms with Crippen molar-refractivity contribution < 1.29 is 9.21 Å². The van der Waals surface area contributed by atoms with Gasteiger partial charge in [-0.05, 0) is 37.4 Å². The minimum Gasteiger partial charge on any atom is -0.436 e. The van der Waals surface area contributed by atoms with E-state index in [0.717, 1.165) is 0 Å². The van der Waals surface area contributed by atoms with Crippen LogP contribution in [0.15, 0.2) is 40.8 Å². The number of carbonyl (C=O) groups is 1. The fraction of sp³-hybridized carbons (Fsp3) is 0.125. The fourth-order valence-corrected chi connectivity index (χ4v) is 2.54. The molecule has 0 saturated heterocycles. The molecule has 7 heteroatoms. The van der Waals surface area contributed by atoms with Gasteiger partial charge in [-0.3, -0.25) is 4.79 Å². The molecule has 0 spiro atoms. The maximum Gasteiger partial charge on any atom is 0.238 e. The number of likely N-dealkylation sites (N-methyl/N-ethyl adjacent to an activating group) is 1. The first-order chi connectivity index (χ1) is 11.1. The van der Waals surface area contributed by atoms with Gasteiger partial charge < -0.3 is 15.1 Å². The molecule has 0 fully saturated rings. The van der Waals surface area contributed by atoms with Crippen molar-refractivity contribution >= 4 is 45.9 Å². The Hall–Kier alpha value is -2.08. The normalized spacial score (nSPS) is 10.9. The number of hydrogen-bond acceptors (Lipinski definition) is 4. The lowest BCUT2D eigenvalue weighted by Gasteiger charge is -2.03. The first kappa shape index (κ1) is 15.8. The molecule has 2 aromatic carbocycles. The van der Waals surface area contributed by atoms with Gasteiger partial charge in [0, 0.05) is 5.69 Å². The highest BCUT2D eigenvalue weighted by molar-refractivity contribution is 6.43. The summed E-state index contributed by atoms with van der Waals surface area (Å²) >= 11 is 12.2. The van der Waals surface area contributed by atoms with Gasteiger partial charge in [0.25, 0.3) is 0 Å². The summed E-state index contributed by atoms with van der Waals surface area (Å²) < 4.78 is 5.72. The van der Waals surface area contributed by atoms with Gasteiger partial charge in [-0.15, -0.1) is 0 Å². The summed E-state index contributed by atoms with van der Waals surface area (Å²) in [4.78, 5) is 16.0. The highest BCUT2D eigenvalue weighted by atomic mass is 35.5. The smallest absolute Gasteiger partial charge is 0.238 e. The van der Waals surface area contributed by atoms with Crippen LogP contribution in [0.1, 0.15) is 0 Å². The predicted octanol–water partition coefficient (Wildman–Crippen LogP) is 3.96. The molecule has 5 nitrogen and oxygen atoms in total. The molecule has 118 valence electrons. The lowest BCUT2D eigenvalue weighted by molar-refractivity contribution is -0.115. The molecule has 0 aliphatic heterocycles. The van der Waals surface area contributed by atoms with Crippen molar-refractivity contribution in [3.8, 4) is 11.5 Å². The molecule has 0 radical (unpaired) electrons. The van der Waals surface area contributed by atoms with Crippen LogP contribution in [0.2, 0.25) is 10.0 Å². The van der Waals surface area contributed by atoms with Gasteiger partial charge in [0.15, 0.2) is 5.58 Å². The van der Waals surface area contributed by atoms with Crippen LogP contribution in [0.4, 0.5) is 5.69 Å². The summed E-state index contributed by atoms with van der Waals surface area (Å²) in [6.45, 7) is 0.236. The number of benzene rings is 2. The summed E-state index contributed by atoms with van der Waals surface area (Å²) in [6, 6.07) is 10.5. The Morgan fingerprint density at radius 2 is 2.09 bits per heavy atom. The number of aromatic nitrogens is 1. The molecule has 0 atom stereocenters. The van der Waals surface area contributed by atoms with E-state index in [1.165, 1.54) is 0 Å². The second-order valence-corrected chi connectivity index (χ2v) is 5.67. The van der Waals surface area contributed by atoms with Gasteiger partial charge in [0.2, 0.25) is 11.8 Å². The summed E-state index contributed by atoms with van der Waals surface area (Å²) in [5.41, 5.74) is 2.49. The minimum atomic E-state index is -0.131. The van der Waals surface area contributed by atoms with Gasteiger partial charge in [-0.2, -0.15) is 0 Å². The number of fused-ring (bicyclic) bond motifs is 1. The molecule has 0 aliphatic carbocycles. The van der Waals surface area contributed by atoms with E-state index < -0.39 is 0 Å². The second-order valence-electron chi connectivity index (χ2n) is 4.88. The van der Waals surface area contributed by atoms with E-state index in [-0.39, 0.29) is 12.5 Å². The minimum absolute atomic E-state index is 0.131. The Bertz CT molecular complexity index is 877. The summed E-state index contributed by atoms with van der Waals surface area (Å²) in [6.07, 6.45) is 0. The molecule has 23 heavy (non-hydrogen) atoms. The van der Waals surface area contributed by atoms with Crippen LogP contribution in [0.5, 0.6) is 0 Å². The Kier molecular flexibility index (Phi) is 4.52. The van der Waals surface area contributed by atoms with E-state index in [0.29, 0.717) is 38.3 Å². The molecule has 0 bridgehead atoms. The first-order valence-electron chi connectivity index (χ1n) is 6.88. The second kappa shape index (κ2) is 6.58. The highest BCUT2D eigenvalue weighted by Crippen LogP contribution is 2.34. The summed E-state index contributed by atoms with van der Waals surface area (Å²) in [5.74, 6) is 0.250. The fourth-order valence-electron chi connectivity index (χ4n) is 2.16. The van der Waals surface area contributed by atoms with E-state index in [1.807, 2.05) is 0 Å². The van der Waals surface area contributed by atoms with Crippen LogP contribution in [0, 0.1) is 0 Å². The lowest BCUT2D eigenvalue weighted by atomic mass is 10.2. The maximum atomic E-state index is 11.6. The van der Waals surface area contributed by atoms with Crippen molar-refractivity contribution in [1.29, 1.82) is 0 Å². The molecular weight excluding hydrogens is 337 g/mol. The zero-order valence-electron chi connectivity index (χ0n) is 12.2. The van der Waals surface area contributed by atoms with Crippen molar-refractivity contribution in [2.75, 3.05) is 18.9 Å². The van der Waals surface area contributed by atoms with E-state index in [2.05, 4.69) is 15.6 Å². The number of amides is 1. The van der Waals surface area contributed by atoms with Gasteiger partial charge in [-0.25, -0.2) is 4.98 Å². The molecule has 1 heterocycles. The molecule has 3 rings (SSSR count). The number of carbonyl (C=O) groups excluding carboxylic acids is 1. The number of hydrogen-bond donors (Lipinski definition) is 2. The van der Waals surface area contributed by atoms with Crippen LogP contribution in [0.3, 0.4) is 0 Å². The third-order valence-corrected chi connectivity index (χ3v) is 4.01. The first-order valence-corrected chi connectivity index (χ1v) is 7.63. The number of nitrogens with zero attached hydrogens (tertiary/aromatic N) is 1. The van der Waals surface area contributed by atoms with Crippen LogP contribution in [0.25, 0.3) is 22.6 Å². The quantitative estimate of drug-likeness (QED) is 0.747. The Labute approximate surface area is 142 Å². The van der Waals surface area contributed by atoms with Gasteiger partial charge in [0.05, 0.1) is 22.2 Å². The van der Waals surface area contributed by atoms with Crippen LogP contribution in [-0.4, -0.2) is 24.5 Å². The van der Waals surface area contributed by atoms with E-state index in [4.69, 9.17) is 27.6 Å². The van der Waals surface area contributed by atoms with Gasteiger partial charge in [0.1, 0.15) is 5.52 Å². The lowest BCUT2D eigenvalue weighted by Crippen LogP contribution is -2.24. The van der Waals surface area contributed by atoms with Gasteiger partial charge in [-0.1, -0.05) is 29.3 Å². The maximum absolute atomic E-state index is 11.6. The number of oxazole rings is 1. The number of nitrogens with one attached hydrogen (secondary N) is 2. The molecular formula is C16H13Cl2N3O2. The summed E-state index contributed by atoms with van der Waals surface area (Å²) in [7, 11) is 1.71. The molecule has 0 aliphatic rings. The van der Waals surface area contributed by atoms with Crippen LogP contribution >= 0.6 is 23.2 Å². The average molecular weight is 350 g/mol.